The van der Waals surface area contributed by atoms with Crippen molar-refractivity contribution in [3.8, 4) is 6.07 Å². The van der Waals surface area contributed by atoms with Gasteiger partial charge in [0.1, 0.15) is 17.7 Å². The number of ether oxygens (including phenoxy) is 1. The molecule has 9 nitrogen and oxygen atoms in total. The molecule has 2 bridgehead atoms. The van der Waals surface area contributed by atoms with Crippen LogP contribution in [-0.4, -0.2) is 90.3 Å². The molecule has 3 heterocycles. The Hall–Kier alpha value is -3.01. The lowest BCUT2D eigenvalue weighted by molar-refractivity contribution is -0.185. The maximum Gasteiger partial charge on any atom is 0.482 e. The van der Waals surface area contributed by atoms with E-state index >= 15 is 0 Å². The molecule has 0 spiro atoms. The Morgan fingerprint density at radius 2 is 1.98 bits per heavy atom. The predicted molar refractivity (Wildman–Crippen MR) is 168 cm³/mol. The van der Waals surface area contributed by atoms with Crippen molar-refractivity contribution in [2.45, 2.75) is 102 Å². The molecule has 12 heteroatoms. The van der Waals surface area contributed by atoms with Gasteiger partial charge in [-0.2, -0.15) is 5.26 Å². The highest BCUT2D eigenvalue weighted by Gasteiger charge is 2.67. The van der Waals surface area contributed by atoms with Crippen LogP contribution >= 0.6 is 0 Å². The number of nitriles is 1. The molecule has 0 unspecified atom stereocenters. The SMILES string of the molecule is CC1(C)[C@H]2C[C@@H]1[C@@H]1OB([C@H](Cc3ccccc3)NC(=O)O[C@H]3CCN(C(=O)/C(C#N)=C/C(C)(C)N4CCC(F)(F)C4)C3)O[C@]1(C)C2. The molecule has 2 amide bonds. The number of likely N-dealkylation sites (tertiary alicyclic amines) is 2. The van der Waals surface area contributed by atoms with Gasteiger partial charge in [-0.05, 0) is 68.9 Å². The molecule has 1 aromatic carbocycles. The molecule has 3 saturated carbocycles. The van der Waals surface area contributed by atoms with Crippen LogP contribution in [0.25, 0.3) is 0 Å². The molecule has 46 heavy (non-hydrogen) atoms. The second kappa shape index (κ2) is 11.9. The average molecular weight is 639 g/mol. The van der Waals surface area contributed by atoms with Crippen LogP contribution in [0.4, 0.5) is 13.6 Å². The number of carbonyl (C=O) groups is 2. The Morgan fingerprint density at radius 1 is 1.24 bits per heavy atom. The zero-order valence-electron chi connectivity index (χ0n) is 27.4. The van der Waals surface area contributed by atoms with E-state index < -0.39 is 54.8 Å². The fraction of sp³-hybridized carbons (Fsp3) is 0.676. The fourth-order valence-corrected chi connectivity index (χ4v) is 8.33. The van der Waals surface area contributed by atoms with Crippen LogP contribution in [0.15, 0.2) is 42.0 Å². The predicted octanol–water partition coefficient (Wildman–Crippen LogP) is 4.76. The summed E-state index contributed by atoms with van der Waals surface area (Å²) >= 11 is 0. The van der Waals surface area contributed by atoms with Crippen molar-refractivity contribution in [3.05, 3.63) is 47.5 Å². The van der Waals surface area contributed by atoms with Gasteiger partial charge in [-0.15, -0.1) is 0 Å². The number of halogens is 2. The zero-order chi connectivity index (χ0) is 33.1. The molecule has 3 aliphatic carbocycles. The van der Waals surface area contributed by atoms with E-state index in [1.807, 2.05) is 36.4 Å². The quantitative estimate of drug-likeness (QED) is 0.249. The summed E-state index contributed by atoms with van der Waals surface area (Å²) in [4.78, 5) is 29.7. The Kier molecular flexibility index (Phi) is 8.52. The minimum Gasteiger partial charge on any atom is -0.444 e. The van der Waals surface area contributed by atoms with Gasteiger partial charge >= 0.3 is 13.2 Å². The van der Waals surface area contributed by atoms with E-state index in [0.717, 1.165) is 18.4 Å². The minimum absolute atomic E-state index is 0.0442. The summed E-state index contributed by atoms with van der Waals surface area (Å²) in [7, 11) is -0.637. The number of benzene rings is 1. The first-order valence-corrected chi connectivity index (χ1v) is 16.5. The topological polar surface area (TPSA) is 104 Å². The van der Waals surface area contributed by atoms with Gasteiger partial charge in [-0.25, -0.2) is 13.6 Å². The summed E-state index contributed by atoms with van der Waals surface area (Å²) in [5.41, 5.74) is -0.191. The van der Waals surface area contributed by atoms with Crippen LogP contribution < -0.4 is 5.32 Å². The lowest BCUT2D eigenvalue weighted by Crippen LogP contribution is -2.63. The minimum atomic E-state index is -2.79. The number of hydrogen-bond acceptors (Lipinski definition) is 7. The van der Waals surface area contributed by atoms with Gasteiger partial charge in [0.05, 0.1) is 30.7 Å². The molecule has 0 radical (unpaired) electrons. The van der Waals surface area contributed by atoms with Gasteiger partial charge in [0.25, 0.3) is 11.8 Å². The van der Waals surface area contributed by atoms with Gasteiger partial charge < -0.3 is 24.3 Å². The lowest BCUT2D eigenvalue weighted by atomic mass is 9.45. The monoisotopic (exact) mass is 638 g/mol. The van der Waals surface area contributed by atoms with Crippen molar-refractivity contribution in [1.82, 2.24) is 15.1 Å². The van der Waals surface area contributed by atoms with Crippen molar-refractivity contribution in [3.63, 3.8) is 0 Å². The number of carbonyl (C=O) groups excluding carboxylic acids is 2. The van der Waals surface area contributed by atoms with Gasteiger partial charge in [-0.1, -0.05) is 44.2 Å². The molecule has 0 aromatic heterocycles. The van der Waals surface area contributed by atoms with Crippen molar-refractivity contribution < 1.29 is 32.4 Å². The molecule has 7 rings (SSSR count). The molecule has 1 aromatic rings. The van der Waals surface area contributed by atoms with Crippen LogP contribution in [0.5, 0.6) is 0 Å². The zero-order valence-corrected chi connectivity index (χ0v) is 27.4. The number of nitrogens with zero attached hydrogens (tertiary/aromatic N) is 3. The third-order valence-corrected chi connectivity index (χ3v) is 11.3. The Balaban J connectivity index is 1.08. The Morgan fingerprint density at radius 3 is 2.63 bits per heavy atom. The number of hydrogen-bond donors (Lipinski definition) is 1. The molecule has 248 valence electrons. The van der Waals surface area contributed by atoms with Crippen LogP contribution in [0.3, 0.4) is 0 Å². The third-order valence-electron chi connectivity index (χ3n) is 11.3. The lowest BCUT2D eigenvalue weighted by Gasteiger charge is -2.63. The summed E-state index contributed by atoms with van der Waals surface area (Å²) in [6.45, 7) is 10.4. The van der Waals surface area contributed by atoms with Gasteiger partial charge in [-0.3, -0.25) is 9.69 Å². The highest BCUT2D eigenvalue weighted by molar-refractivity contribution is 6.47. The molecule has 6 atom stereocenters. The van der Waals surface area contributed by atoms with Crippen LogP contribution in [0.2, 0.25) is 0 Å². The van der Waals surface area contributed by atoms with Gasteiger partial charge in [0.2, 0.25) is 0 Å². The molecule has 6 fully saturated rings. The summed E-state index contributed by atoms with van der Waals surface area (Å²) < 4.78 is 46.7. The van der Waals surface area contributed by atoms with Crippen molar-refractivity contribution in [2.75, 3.05) is 26.2 Å². The van der Waals surface area contributed by atoms with E-state index in [9.17, 15) is 23.6 Å². The van der Waals surface area contributed by atoms with Crippen molar-refractivity contribution in [1.29, 1.82) is 5.26 Å². The first-order chi connectivity index (χ1) is 21.6. The first-order valence-electron chi connectivity index (χ1n) is 16.5. The average Bonchev–Trinajstić information content (AvgIpc) is 3.71. The van der Waals surface area contributed by atoms with E-state index in [-0.39, 0.29) is 36.6 Å². The van der Waals surface area contributed by atoms with Gasteiger partial charge in [0, 0.05) is 31.5 Å². The summed E-state index contributed by atoms with van der Waals surface area (Å²) in [6, 6.07) is 11.8. The maximum atomic E-state index is 13.8. The second-order valence-electron chi connectivity index (χ2n) is 15.3. The summed E-state index contributed by atoms with van der Waals surface area (Å²) in [6.07, 6.45) is 2.95. The summed E-state index contributed by atoms with van der Waals surface area (Å²) in [5, 5.41) is 12.8. The molecule has 3 aliphatic heterocycles. The normalized spacial score (nSPS) is 32.3. The molecular weight excluding hydrogens is 593 g/mol. The number of alkyl carbamates (subject to hydrolysis) is 1. The van der Waals surface area contributed by atoms with E-state index in [4.69, 9.17) is 14.0 Å². The van der Waals surface area contributed by atoms with Crippen molar-refractivity contribution in [2.24, 2.45) is 17.3 Å². The van der Waals surface area contributed by atoms with E-state index in [2.05, 4.69) is 26.1 Å². The van der Waals surface area contributed by atoms with E-state index in [1.165, 1.54) is 11.0 Å². The maximum absolute atomic E-state index is 13.8. The van der Waals surface area contributed by atoms with Crippen molar-refractivity contribution >= 4 is 19.1 Å². The Bertz CT molecular complexity index is 1420. The smallest absolute Gasteiger partial charge is 0.444 e. The highest BCUT2D eigenvalue weighted by atomic mass is 19.3. The third kappa shape index (κ3) is 6.30. The number of nitrogens with one attached hydrogen (secondary N) is 1. The van der Waals surface area contributed by atoms with Crippen LogP contribution in [0.1, 0.15) is 65.9 Å². The first kappa shape index (κ1) is 32.9. The van der Waals surface area contributed by atoms with Crippen LogP contribution in [0, 0.1) is 28.6 Å². The number of amides is 2. The summed E-state index contributed by atoms with van der Waals surface area (Å²) in [5.74, 6) is -2.79. The number of rotatable bonds is 8. The molecule has 3 saturated heterocycles. The second-order valence-corrected chi connectivity index (χ2v) is 15.3. The molecule has 1 N–H and O–H groups in total. The largest absolute Gasteiger partial charge is 0.482 e. The number of alkyl halides is 2. The Labute approximate surface area is 270 Å². The molecular formula is C34H45BF2N4O5. The highest BCUT2D eigenvalue weighted by Crippen LogP contribution is 2.64. The van der Waals surface area contributed by atoms with E-state index in [0.29, 0.717) is 31.2 Å². The molecule has 6 aliphatic rings. The standard InChI is InChI=1S/C34H45BF2N4O5/c1-31(2,41-14-12-34(36,37)21-41)17-23(19-38)29(42)40-13-11-25(20-40)44-30(43)39-27(15-22-9-7-6-8-10-22)35-45-28-26-16-24(32(26,3)4)18-33(28,5)46-35/h6-10,17,24-28H,11-16,18,20-21H2,1-5H3,(H,39,43)/b23-17+/t24-,25-,26+,27-,28-,33+/m0/s1. The van der Waals surface area contributed by atoms with Gasteiger partial charge in [0.15, 0.2) is 0 Å². The fourth-order valence-electron chi connectivity index (χ4n) is 8.33. The van der Waals surface area contributed by atoms with E-state index in [1.54, 1.807) is 18.7 Å². The van der Waals surface area contributed by atoms with Crippen LogP contribution in [-0.2, 0) is 25.3 Å².